The van der Waals surface area contributed by atoms with Crippen LogP contribution in [0.15, 0.2) is 12.3 Å². The average molecular weight is 333 g/mol. The molecule has 0 saturated carbocycles. The van der Waals surface area contributed by atoms with Crippen LogP contribution in [0.1, 0.15) is 13.3 Å². The molecule has 0 aromatic carbocycles. The van der Waals surface area contributed by atoms with Crippen molar-refractivity contribution in [3.8, 4) is 0 Å². The number of aromatic nitrogens is 1. The molecule has 0 aliphatic carbocycles. The minimum Gasteiger partial charge on any atom is -0.392 e. The van der Waals surface area contributed by atoms with Crippen LogP contribution in [-0.2, 0) is 0 Å². The van der Waals surface area contributed by atoms with E-state index >= 15 is 0 Å². The van der Waals surface area contributed by atoms with E-state index in [9.17, 15) is 0 Å². The van der Waals surface area contributed by atoms with Crippen molar-refractivity contribution in [2.75, 3.05) is 31.1 Å². The van der Waals surface area contributed by atoms with Crippen LogP contribution in [0.3, 0.4) is 0 Å². The Morgan fingerprint density at radius 2 is 2.05 bits per heavy atom. The van der Waals surface area contributed by atoms with Crippen molar-refractivity contribution in [3.63, 3.8) is 0 Å². The Labute approximate surface area is 134 Å². The van der Waals surface area contributed by atoms with Crippen LogP contribution >= 0.6 is 35.4 Å². The minimum absolute atomic E-state index is 0.181. The number of piperazine rings is 1. The Kier molecular flexibility index (Phi) is 5.43. The monoisotopic (exact) mass is 332 g/mol. The van der Waals surface area contributed by atoms with E-state index in [0.29, 0.717) is 15.0 Å². The molecule has 2 N–H and O–H groups in total. The van der Waals surface area contributed by atoms with Gasteiger partial charge in [-0.2, -0.15) is 0 Å². The molecule has 1 aromatic heterocycles. The zero-order chi connectivity index (χ0) is 14.7. The summed E-state index contributed by atoms with van der Waals surface area (Å²) in [5.41, 5.74) is 5.79. The van der Waals surface area contributed by atoms with E-state index < -0.39 is 0 Å². The Hall–Kier alpha value is -0.620. The molecule has 1 aliphatic heterocycles. The second-order valence-corrected chi connectivity index (χ2v) is 6.12. The largest absolute Gasteiger partial charge is 0.392 e. The molecule has 1 aromatic rings. The van der Waals surface area contributed by atoms with Crippen LogP contribution in [0.4, 0.5) is 5.82 Å². The van der Waals surface area contributed by atoms with Crippen LogP contribution in [0, 0.1) is 0 Å². The maximum atomic E-state index is 6.20. The first-order valence-corrected chi connectivity index (χ1v) is 7.78. The van der Waals surface area contributed by atoms with Crippen LogP contribution < -0.4 is 10.6 Å². The number of thiocarbonyl (C=S) groups is 1. The molecule has 0 spiro atoms. The van der Waals surface area contributed by atoms with Gasteiger partial charge in [-0.3, -0.25) is 4.90 Å². The van der Waals surface area contributed by atoms with Gasteiger partial charge in [0.05, 0.1) is 21.1 Å². The summed E-state index contributed by atoms with van der Waals surface area (Å²) >= 11 is 17.2. The summed E-state index contributed by atoms with van der Waals surface area (Å²) < 4.78 is 0. The smallest absolute Gasteiger partial charge is 0.147 e. The van der Waals surface area contributed by atoms with Gasteiger partial charge in [-0.05, 0) is 12.5 Å². The third kappa shape index (κ3) is 3.52. The van der Waals surface area contributed by atoms with Crippen LogP contribution in [0.2, 0.25) is 10.0 Å². The average Bonchev–Trinajstić information content (AvgIpc) is 2.40. The van der Waals surface area contributed by atoms with E-state index in [1.807, 2.05) is 0 Å². The summed E-state index contributed by atoms with van der Waals surface area (Å²) in [4.78, 5) is 9.38. The zero-order valence-corrected chi connectivity index (χ0v) is 13.7. The van der Waals surface area contributed by atoms with E-state index in [-0.39, 0.29) is 6.04 Å². The number of nitrogens with two attached hydrogens (primary N) is 1. The normalized spacial score (nSPS) is 18.1. The molecule has 1 aliphatic rings. The molecule has 0 radical (unpaired) electrons. The quantitative estimate of drug-likeness (QED) is 0.858. The SMILES string of the molecule is CCC(C(N)=S)N1CCN(c2ncc(Cl)cc2Cl)CC1. The van der Waals surface area contributed by atoms with E-state index in [0.717, 1.165) is 38.4 Å². The summed E-state index contributed by atoms with van der Waals surface area (Å²) in [6, 6.07) is 1.91. The van der Waals surface area contributed by atoms with E-state index in [4.69, 9.17) is 41.2 Å². The first-order chi connectivity index (χ1) is 9.52. The van der Waals surface area contributed by atoms with Crippen molar-refractivity contribution in [1.29, 1.82) is 0 Å². The molecular weight excluding hydrogens is 315 g/mol. The number of hydrogen-bond donors (Lipinski definition) is 1. The summed E-state index contributed by atoms with van der Waals surface area (Å²) in [7, 11) is 0. The van der Waals surface area contributed by atoms with Crippen molar-refractivity contribution in [1.82, 2.24) is 9.88 Å². The number of anilines is 1. The van der Waals surface area contributed by atoms with Crippen LogP contribution in [-0.4, -0.2) is 47.1 Å². The molecule has 1 atom stereocenters. The number of rotatable bonds is 4. The van der Waals surface area contributed by atoms with Gasteiger partial charge in [0.1, 0.15) is 5.82 Å². The Balaban J connectivity index is 2.02. The highest BCUT2D eigenvalue weighted by Crippen LogP contribution is 2.27. The maximum Gasteiger partial charge on any atom is 0.147 e. The highest BCUT2D eigenvalue weighted by molar-refractivity contribution is 7.80. The molecule has 4 nitrogen and oxygen atoms in total. The summed E-state index contributed by atoms with van der Waals surface area (Å²) in [5, 5.41) is 1.14. The fourth-order valence-corrected chi connectivity index (χ4v) is 3.34. The standard InChI is InChI=1S/C13H18Cl2N4S/c1-2-11(12(16)20)18-3-5-19(6-4-18)13-10(15)7-9(14)8-17-13/h7-8,11H,2-6H2,1H3,(H2,16,20). The highest BCUT2D eigenvalue weighted by atomic mass is 35.5. The molecule has 1 saturated heterocycles. The molecule has 1 fully saturated rings. The molecular formula is C13H18Cl2N4S. The molecule has 0 bridgehead atoms. The molecule has 20 heavy (non-hydrogen) atoms. The van der Waals surface area contributed by atoms with Gasteiger partial charge in [-0.1, -0.05) is 42.3 Å². The Morgan fingerprint density at radius 1 is 1.40 bits per heavy atom. The Bertz CT molecular complexity index is 489. The minimum atomic E-state index is 0.181. The van der Waals surface area contributed by atoms with Crippen molar-refractivity contribution < 1.29 is 0 Å². The molecule has 7 heteroatoms. The van der Waals surface area contributed by atoms with E-state index in [2.05, 4.69) is 21.7 Å². The topological polar surface area (TPSA) is 45.4 Å². The van der Waals surface area contributed by atoms with Crippen molar-refractivity contribution >= 4 is 46.2 Å². The summed E-state index contributed by atoms with van der Waals surface area (Å²) in [6.07, 6.45) is 2.56. The predicted octanol–water partition coefficient (Wildman–Crippen LogP) is 2.58. The van der Waals surface area contributed by atoms with Gasteiger partial charge >= 0.3 is 0 Å². The molecule has 110 valence electrons. The molecule has 1 unspecified atom stereocenters. The zero-order valence-electron chi connectivity index (χ0n) is 11.4. The van der Waals surface area contributed by atoms with Gasteiger partial charge in [0.15, 0.2) is 0 Å². The third-order valence-corrected chi connectivity index (χ3v) is 4.31. The van der Waals surface area contributed by atoms with Crippen molar-refractivity contribution in [3.05, 3.63) is 22.3 Å². The summed E-state index contributed by atoms with van der Waals surface area (Å²) in [5.74, 6) is 0.791. The van der Waals surface area contributed by atoms with E-state index in [1.165, 1.54) is 0 Å². The van der Waals surface area contributed by atoms with Gasteiger partial charge < -0.3 is 10.6 Å². The fraction of sp³-hybridized carbons (Fsp3) is 0.538. The first kappa shape index (κ1) is 15.8. The second kappa shape index (κ2) is 6.89. The third-order valence-electron chi connectivity index (χ3n) is 3.56. The lowest BCUT2D eigenvalue weighted by Gasteiger charge is -2.39. The van der Waals surface area contributed by atoms with Crippen molar-refractivity contribution in [2.45, 2.75) is 19.4 Å². The second-order valence-electron chi connectivity index (χ2n) is 4.81. The van der Waals surface area contributed by atoms with Crippen molar-refractivity contribution in [2.24, 2.45) is 5.73 Å². The van der Waals surface area contributed by atoms with Gasteiger partial charge in [0.25, 0.3) is 0 Å². The van der Waals surface area contributed by atoms with Gasteiger partial charge in [0, 0.05) is 32.4 Å². The number of pyridine rings is 1. The van der Waals surface area contributed by atoms with Gasteiger partial charge in [-0.15, -0.1) is 0 Å². The molecule has 0 amide bonds. The lowest BCUT2D eigenvalue weighted by atomic mass is 10.1. The fourth-order valence-electron chi connectivity index (χ4n) is 2.52. The van der Waals surface area contributed by atoms with Gasteiger partial charge in [-0.25, -0.2) is 4.98 Å². The predicted molar refractivity (Wildman–Crippen MR) is 88.9 cm³/mol. The molecule has 2 heterocycles. The van der Waals surface area contributed by atoms with E-state index in [1.54, 1.807) is 12.3 Å². The number of nitrogens with zero attached hydrogens (tertiary/aromatic N) is 3. The Morgan fingerprint density at radius 3 is 2.55 bits per heavy atom. The lowest BCUT2D eigenvalue weighted by Crippen LogP contribution is -2.53. The maximum absolute atomic E-state index is 6.20. The lowest BCUT2D eigenvalue weighted by molar-refractivity contribution is 0.224. The first-order valence-electron chi connectivity index (χ1n) is 6.62. The van der Waals surface area contributed by atoms with Crippen LogP contribution in [0.25, 0.3) is 0 Å². The summed E-state index contributed by atoms with van der Waals surface area (Å²) in [6.45, 7) is 5.61. The highest BCUT2D eigenvalue weighted by Gasteiger charge is 2.25. The number of halogens is 2. The van der Waals surface area contributed by atoms with Gasteiger partial charge in [0.2, 0.25) is 0 Å². The van der Waals surface area contributed by atoms with Crippen LogP contribution in [0.5, 0.6) is 0 Å². The molecule has 2 rings (SSSR count). The number of hydrogen-bond acceptors (Lipinski definition) is 4.